The highest BCUT2D eigenvalue weighted by Gasteiger charge is 2.09. The first-order valence-corrected chi connectivity index (χ1v) is 5.98. The van der Waals surface area contributed by atoms with Gasteiger partial charge in [-0.25, -0.2) is 0 Å². The molecule has 0 fully saturated rings. The van der Waals surface area contributed by atoms with Gasteiger partial charge >= 0.3 is 0 Å². The molecule has 15 heavy (non-hydrogen) atoms. The Labute approximate surface area is 104 Å². The molecule has 0 aliphatic carbocycles. The third-order valence-corrected chi connectivity index (χ3v) is 3.57. The molecule has 0 saturated carbocycles. The fourth-order valence-corrected chi connectivity index (χ4v) is 1.56. The number of thiol groups is 1. The number of nitrogens with one attached hydrogen (secondary N) is 1. The second-order valence-electron chi connectivity index (χ2n) is 3.59. The molecule has 0 radical (unpaired) electrons. The highest BCUT2D eigenvalue weighted by Crippen LogP contribution is 2.25. The van der Waals surface area contributed by atoms with Gasteiger partial charge in [0.1, 0.15) is 0 Å². The number of aryl methyl sites for hydroxylation is 2. The van der Waals surface area contributed by atoms with Gasteiger partial charge in [-0.1, -0.05) is 15.9 Å². The van der Waals surface area contributed by atoms with Crippen LogP contribution in [0.2, 0.25) is 0 Å². The Hall–Kier alpha value is -0.480. The van der Waals surface area contributed by atoms with E-state index in [-0.39, 0.29) is 11.2 Å². The Morgan fingerprint density at radius 1 is 1.40 bits per heavy atom. The molecule has 4 heteroatoms. The Bertz CT molecular complexity index is 367. The van der Waals surface area contributed by atoms with E-state index in [0.717, 1.165) is 21.3 Å². The van der Waals surface area contributed by atoms with Crippen LogP contribution in [0, 0.1) is 13.8 Å². The van der Waals surface area contributed by atoms with Crippen molar-refractivity contribution in [3.05, 3.63) is 27.7 Å². The van der Waals surface area contributed by atoms with Crippen LogP contribution in [0.4, 0.5) is 5.69 Å². The molecule has 1 atom stereocenters. The Balaban J connectivity index is 2.93. The monoisotopic (exact) mass is 287 g/mol. The van der Waals surface area contributed by atoms with E-state index in [1.165, 1.54) is 0 Å². The zero-order valence-corrected chi connectivity index (χ0v) is 11.4. The van der Waals surface area contributed by atoms with Crippen LogP contribution in [0.25, 0.3) is 0 Å². The Morgan fingerprint density at radius 3 is 2.27 bits per heavy atom. The van der Waals surface area contributed by atoms with Gasteiger partial charge < -0.3 is 5.32 Å². The summed E-state index contributed by atoms with van der Waals surface area (Å²) in [5.74, 6) is -0.0838. The first-order valence-electron chi connectivity index (χ1n) is 4.67. The summed E-state index contributed by atoms with van der Waals surface area (Å²) in [6.45, 7) is 5.74. The number of rotatable bonds is 2. The van der Waals surface area contributed by atoms with Crippen molar-refractivity contribution in [2.45, 2.75) is 26.0 Å². The van der Waals surface area contributed by atoms with Gasteiger partial charge in [-0.15, -0.1) is 0 Å². The fourth-order valence-electron chi connectivity index (χ4n) is 1.26. The molecule has 0 heterocycles. The molecule has 1 amide bonds. The first-order chi connectivity index (χ1) is 6.91. The van der Waals surface area contributed by atoms with E-state index < -0.39 is 0 Å². The van der Waals surface area contributed by atoms with E-state index in [9.17, 15) is 4.79 Å². The van der Waals surface area contributed by atoms with E-state index in [1.54, 1.807) is 6.92 Å². The minimum atomic E-state index is -0.297. The lowest BCUT2D eigenvalue weighted by Gasteiger charge is -2.10. The number of carbonyl (C=O) groups excluding carboxylic acids is 1. The minimum Gasteiger partial charge on any atom is -0.325 e. The molecule has 0 aromatic heterocycles. The van der Waals surface area contributed by atoms with E-state index in [1.807, 2.05) is 26.0 Å². The first kappa shape index (κ1) is 12.6. The predicted molar refractivity (Wildman–Crippen MR) is 70.7 cm³/mol. The van der Waals surface area contributed by atoms with Gasteiger partial charge in [-0.05, 0) is 44.0 Å². The summed E-state index contributed by atoms with van der Waals surface area (Å²) >= 11 is 7.55. The molecule has 0 bridgehead atoms. The second kappa shape index (κ2) is 5.03. The van der Waals surface area contributed by atoms with Gasteiger partial charge in [0.05, 0.1) is 5.25 Å². The lowest BCUT2D eigenvalue weighted by Crippen LogP contribution is -2.20. The van der Waals surface area contributed by atoms with Crippen molar-refractivity contribution in [2.75, 3.05) is 5.32 Å². The predicted octanol–water partition coefficient (Wildman–Crippen LogP) is 3.32. The standard InChI is InChI=1S/C11H14BrNOS/c1-6-4-9(5-7(2)10(6)12)13-11(14)8(3)15/h4-5,8,15H,1-3H3,(H,13,14). The third kappa shape index (κ3) is 3.24. The smallest absolute Gasteiger partial charge is 0.236 e. The molecule has 1 N–H and O–H groups in total. The fraction of sp³-hybridized carbons (Fsp3) is 0.364. The molecule has 1 aromatic rings. The average Bonchev–Trinajstić information content (AvgIpc) is 2.13. The zero-order valence-electron chi connectivity index (χ0n) is 8.97. The summed E-state index contributed by atoms with van der Waals surface area (Å²) in [5, 5.41) is 2.52. The van der Waals surface area contributed by atoms with Gasteiger partial charge in [-0.2, -0.15) is 12.6 Å². The maximum Gasteiger partial charge on any atom is 0.236 e. The van der Waals surface area contributed by atoms with Crippen molar-refractivity contribution >= 4 is 40.2 Å². The molecule has 0 aliphatic rings. The van der Waals surface area contributed by atoms with Crippen LogP contribution < -0.4 is 5.32 Å². The molecule has 0 saturated heterocycles. The van der Waals surface area contributed by atoms with Gasteiger partial charge in [0.25, 0.3) is 0 Å². The number of benzene rings is 1. The molecule has 82 valence electrons. The summed E-state index contributed by atoms with van der Waals surface area (Å²) in [5.41, 5.74) is 3.04. The average molecular weight is 288 g/mol. The van der Waals surface area contributed by atoms with Crippen LogP contribution in [0.5, 0.6) is 0 Å². The topological polar surface area (TPSA) is 29.1 Å². The molecular weight excluding hydrogens is 274 g/mol. The van der Waals surface area contributed by atoms with E-state index in [0.29, 0.717) is 0 Å². The van der Waals surface area contributed by atoms with Gasteiger partial charge in [-0.3, -0.25) is 4.79 Å². The maximum absolute atomic E-state index is 11.4. The van der Waals surface area contributed by atoms with Crippen LogP contribution >= 0.6 is 28.6 Å². The lowest BCUT2D eigenvalue weighted by molar-refractivity contribution is -0.115. The molecule has 0 spiro atoms. The zero-order chi connectivity index (χ0) is 11.6. The summed E-state index contributed by atoms with van der Waals surface area (Å²) in [4.78, 5) is 11.4. The third-order valence-electron chi connectivity index (χ3n) is 2.08. The number of hydrogen-bond donors (Lipinski definition) is 2. The van der Waals surface area contributed by atoms with Crippen LogP contribution in [0.15, 0.2) is 16.6 Å². The lowest BCUT2D eigenvalue weighted by atomic mass is 10.1. The van der Waals surface area contributed by atoms with Gasteiger partial charge in [0.15, 0.2) is 0 Å². The van der Waals surface area contributed by atoms with Crippen LogP contribution in [-0.4, -0.2) is 11.2 Å². The van der Waals surface area contributed by atoms with Crippen molar-refractivity contribution in [3.63, 3.8) is 0 Å². The number of amides is 1. The number of anilines is 1. The van der Waals surface area contributed by atoms with Crippen molar-refractivity contribution in [2.24, 2.45) is 0 Å². The molecule has 1 unspecified atom stereocenters. The number of hydrogen-bond acceptors (Lipinski definition) is 2. The van der Waals surface area contributed by atoms with Crippen LogP contribution in [0.1, 0.15) is 18.1 Å². The van der Waals surface area contributed by atoms with Gasteiger partial charge in [0.2, 0.25) is 5.91 Å². The van der Waals surface area contributed by atoms with Crippen LogP contribution in [-0.2, 0) is 4.79 Å². The molecule has 1 aromatic carbocycles. The molecule has 1 rings (SSSR count). The van der Waals surface area contributed by atoms with E-state index in [4.69, 9.17) is 0 Å². The Kier molecular flexibility index (Phi) is 4.22. The van der Waals surface area contributed by atoms with E-state index in [2.05, 4.69) is 33.9 Å². The van der Waals surface area contributed by atoms with Gasteiger partial charge in [0, 0.05) is 10.2 Å². The van der Waals surface area contributed by atoms with Crippen molar-refractivity contribution < 1.29 is 4.79 Å². The van der Waals surface area contributed by atoms with E-state index >= 15 is 0 Å². The molecular formula is C11H14BrNOS. The number of carbonyl (C=O) groups is 1. The Morgan fingerprint density at radius 2 is 1.87 bits per heavy atom. The second-order valence-corrected chi connectivity index (χ2v) is 5.16. The number of halogens is 1. The largest absolute Gasteiger partial charge is 0.325 e. The molecule has 2 nitrogen and oxygen atoms in total. The molecule has 0 aliphatic heterocycles. The van der Waals surface area contributed by atoms with Crippen molar-refractivity contribution in [1.82, 2.24) is 0 Å². The van der Waals surface area contributed by atoms with Crippen molar-refractivity contribution in [1.29, 1.82) is 0 Å². The maximum atomic E-state index is 11.4. The summed E-state index contributed by atoms with van der Waals surface area (Å²) < 4.78 is 1.08. The normalized spacial score (nSPS) is 12.3. The minimum absolute atomic E-state index is 0.0838. The summed E-state index contributed by atoms with van der Waals surface area (Å²) in [7, 11) is 0. The SMILES string of the molecule is Cc1cc(NC(=O)C(C)S)cc(C)c1Br. The highest BCUT2D eigenvalue weighted by atomic mass is 79.9. The highest BCUT2D eigenvalue weighted by molar-refractivity contribution is 9.10. The summed E-state index contributed by atoms with van der Waals surface area (Å²) in [6, 6.07) is 3.87. The summed E-state index contributed by atoms with van der Waals surface area (Å²) in [6.07, 6.45) is 0. The van der Waals surface area contributed by atoms with Crippen molar-refractivity contribution in [3.8, 4) is 0 Å². The quantitative estimate of drug-likeness (QED) is 0.803. The van der Waals surface area contributed by atoms with Crippen LogP contribution in [0.3, 0.4) is 0 Å².